The smallest absolute Gasteiger partial charge is 0.0738 e. The first-order valence-electron chi connectivity index (χ1n) is 5.07. The topological polar surface area (TPSA) is 41.8 Å². The second kappa shape index (κ2) is 3.91. The maximum Gasteiger partial charge on any atom is 0.0738 e. The number of nitrogens with two attached hydrogens (primary N) is 1. The Kier molecular flexibility index (Phi) is 2.76. The molecule has 0 aliphatic rings. The summed E-state index contributed by atoms with van der Waals surface area (Å²) in [4.78, 5) is 3.39. The van der Waals surface area contributed by atoms with Gasteiger partial charge in [-0.05, 0) is 26.0 Å². The Labute approximate surface area is 94.2 Å². The third-order valence-corrected chi connectivity index (χ3v) is 3.54. The monoisotopic (exact) mass is 220 g/mol. The highest BCUT2D eigenvalue weighted by molar-refractivity contribution is 8.00. The Morgan fingerprint density at radius 1 is 1.33 bits per heavy atom. The molecule has 2 aromatic rings. The van der Waals surface area contributed by atoms with E-state index in [0.29, 0.717) is 6.54 Å². The highest BCUT2D eigenvalue weighted by Gasteiger charge is 2.18. The fraction of sp³-hybridized carbons (Fsp3) is 0.333. The van der Waals surface area contributed by atoms with E-state index < -0.39 is 0 Å². The van der Waals surface area contributed by atoms with Crippen LogP contribution < -0.4 is 5.73 Å². The van der Waals surface area contributed by atoms with Gasteiger partial charge in [0.1, 0.15) is 0 Å². The summed E-state index contributed by atoms with van der Waals surface area (Å²) >= 11 is 1.79. The quantitative estimate of drug-likeness (QED) is 0.781. The number of para-hydroxylation sites is 1. The van der Waals surface area contributed by atoms with Crippen molar-refractivity contribution in [1.29, 1.82) is 0 Å². The Morgan fingerprint density at radius 3 is 2.73 bits per heavy atom. The molecule has 3 N–H and O–H groups in total. The van der Waals surface area contributed by atoms with Gasteiger partial charge in [-0.25, -0.2) is 0 Å². The molecule has 0 aliphatic carbocycles. The molecule has 0 saturated heterocycles. The van der Waals surface area contributed by atoms with E-state index in [1.165, 1.54) is 15.9 Å². The lowest BCUT2D eigenvalue weighted by Gasteiger charge is -2.20. The molecule has 0 amide bonds. The molecule has 1 aromatic carbocycles. The molecule has 0 unspecified atom stereocenters. The van der Waals surface area contributed by atoms with Crippen LogP contribution in [0.25, 0.3) is 10.9 Å². The first-order chi connectivity index (χ1) is 7.11. The second-order valence-corrected chi connectivity index (χ2v) is 6.04. The van der Waals surface area contributed by atoms with Gasteiger partial charge >= 0.3 is 0 Å². The van der Waals surface area contributed by atoms with Crippen LogP contribution in [0.2, 0.25) is 0 Å². The van der Waals surface area contributed by atoms with Crippen LogP contribution in [0.3, 0.4) is 0 Å². The normalized spacial score (nSPS) is 12.2. The van der Waals surface area contributed by atoms with Crippen molar-refractivity contribution < 1.29 is 0 Å². The van der Waals surface area contributed by atoms with Crippen molar-refractivity contribution in [2.75, 3.05) is 6.54 Å². The average Bonchev–Trinajstić information content (AvgIpc) is 2.58. The molecular weight excluding hydrogens is 204 g/mol. The number of rotatable bonds is 3. The number of nitrogens with one attached hydrogen (secondary N) is 1. The van der Waals surface area contributed by atoms with E-state index in [-0.39, 0.29) is 4.75 Å². The van der Waals surface area contributed by atoms with Crippen molar-refractivity contribution in [2.45, 2.75) is 23.6 Å². The Hall–Kier alpha value is -0.930. The molecule has 0 bridgehead atoms. The van der Waals surface area contributed by atoms with Crippen LogP contribution in [0.15, 0.2) is 35.4 Å². The van der Waals surface area contributed by atoms with Crippen molar-refractivity contribution in [3.8, 4) is 0 Å². The largest absolute Gasteiger partial charge is 0.350 e. The fourth-order valence-electron chi connectivity index (χ4n) is 1.44. The van der Waals surface area contributed by atoms with Crippen LogP contribution in [0.4, 0.5) is 0 Å². The molecule has 0 radical (unpaired) electrons. The van der Waals surface area contributed by atoms with Crippen LogP contribution in [0.1, 0.15) is 13.8 Å². The lowest BCUT2D eigenvalue weighted by atomic mass is 10.2. The van der Waals surface area contributed by atoms with Crippen molar-refractivity contribution in [3.63, 3.8) is 0 Å². The van der Waals surface area contributed by atoms with Crippen LogP contribution in [-0.2, 0) is 0 Å². The van der Waals surface area contributed by atoms with E-state index in [9.17, 15) is 0 Å². The van der Waals surface area contributed by atoms with Crippen molar-refractivity contribution in [2.24, 2.45) is 5.73 Å². The van der Waals surface area contributed by atoms with Crippen LogP contribution >= 0.6 is 11.8 Å². The summed E-state index contributed by atoms with van der Waals surface area (Å²) in [5.74, 6) is 0. The summed E-state index contributed by atoms with van der Waals surface area (Å²) in [6.07, 6.45) is 0. The van der Waals surface area contributed by atoms with Crippen molar-refractivity contribution in [1.82, 2.24) is 4.98 Å². The van der Waals surface area contributed by atoms with E-state index in [4.69, 9.17) is 5.73 Å². The van der Waals surface area contributed by atoms with Gasteiger partial charge in [0.25, 0.3) is 0 Å². The van der Waals surface area contributed by atoms with Crippen molar-refractivity contribution in [3.05, 3.63) is 30.3 Å². The molecule has 2 nitrogen and oxygen atoms in total. The number of aromatic nitrogens is 1. The maximum atomic E-state index is 5.71. The number of aromatic amines is 1. The average molecular weight is 220 g/mol. The van der Waals surface area contributed by atoms with Gasteiger partial charge in [-0.15, -0.1) is 11.8 Å². The molecule has 0 saturated carbocycles. The van der Waals surface area contributed by atoms with Gasteiger partial charge in [0.15, 0.2) is 0 Å². The SMILES string of the molecule is CC(C)(CN)Sc1cc2ccccc2[nH]1. The summed E-state index contributed by atoms with van der Waals surface area (Å²) in [6.45, 7) is 4.99. The Balaban J connectivity index is 2.30. The highest BCUT2D eigenvalue weighted by Crippen LogP contribution is 2.32. The Morgan fingerprint density at radius 2 is 2.07 bits per heavy atom. The maximum absolute atomic E-state index is 5.71. The summed E-state index contributed by atoms with van der Waals surface area (Å²) in [5.41, 5.74) is 6.90. The van der Waals surface area contributed by atoms with Gasteiger partial charge in [-0.2, -0.15) is 0 Å². The Bertz CT molecular complexity index is 426. The number of thioether (sulfide) groups is 1. The van der Waals surface area contributed by atoms with E-state index in [1.54, 1.807) is 11.8 Å². The summed E-state index contributed by atoms with van der Waals surface area (Å²) in [6, 6.07) is 10.5. The lowest BCUT2D eigenvalue weighted by Crippen LogP contribution is -2.26. The molecule has 1 aromatic heterocycles. The minimum Gasteiger partial charge on any atom is -0.350 e. The molecule has 15 heavy (non-hydrogen) atoms. The summed E-state index contributed by atoms with van der Waals surface area (Å²) in [5, 5.41) is 2.44. The zero-order valence-electron chi connectivity index (χ0n) is 9.08. The third kappa shape index (κ3) is 2.36. The zero-order valence-corrected chi connectivity index (χ0v) is 9.90. The first kappa shape index (κ1) is 10.6. The van der Waals surface area contributed by atoms with E-state index in [1.807, 2.05) is 6.07 Å². The minimum absolute atomic E-state index is 0.0842. The number of hydrogen-bond donors (Lipinski definition) is 2. The van der Waals surface area contributed by atoms with E-state index in [0.717, 1.165) is 0 Å². The second-order valence-electron chi connectivity index (χ2n) is 4.29. The predicted octanol–water partition coefficient (Wildman–Crippen LogP) is 3.00. The van der Waals surface area contributed by atoms with Crippen molar-refractivity contribution >= 4 is 22.7 Å². The number of hydrogen-bond acceptors (Lipinski definition) is 2. The molecule has 80 valence electrons. The van der Waals surface area contributed by atoms with Gasteiger partial charge < -0.3 is 10.7 Å². The van der Waals surface area contributed by atoms with Crippen LogP contribution in [-0.4, -0.2) is 16.3 Å². The van der Waals surface area contributed by atoms with E-state index in [2.05, 4.69) is 43.1 Å². The van der Waals surface area contributed by atoms with Crippen LogP contribution in [0, 0.1) is 0 Å². The molecule has 0 fully saturated rings. The molecule has 1 heterocycles. The summed E-state index contributed by atoms with van der Waals surface area (Å²) in [7, 11) is 0. The summed E-state index contributed by atoms with van der Waals surface area (Å²) < 4.78 is 0.0842. The van der Waals surface area contributed by atoms with Gasteiger partial charge in [0.05, 0.1) is 5.03 Å². The standard InChI is InChI=1S/C12H16N2S/c1-12(2,8-13)15-11-7-9-5-3-4-6-10(9)14-11/h3-7,14H,8,13H2,1-2H3. The van der Waals surface area contributed by atoms with Gasteiger partial charge in [0, 0.05) is 22.2 Å². The third-order valence-electron chi connectivity index (χ3n) is 2.38. The number of fused-ring (bicyclic) bond motifs is 1. The molecule has 3 heteroatoms. The molecule has 0 aliphatic heterocycles. The van der Waals surface area contributed by atoms with E-state index >= 15 is 0 Å². The minimum atomic E-state index is 0.0842. The fourth-order valence-corrected chi connectivity index (χ4v) is 2.47. The predicted molar refractivity (Wildman–Crippen MR) is 67.3 cm³/mol. The van der Waals surface area contributed by atoms with Crippen LogP contribution in [0.5, 0.6) is 0 Å². The molecule has 0 spiro atoms. The number of benzene rings is 1. The zero-order chi connectivity index (χ0) is 10.9. The highest BCUT2D eigenvalue weighted by atomic mass is 32.2. The molecule has 2 rings (SSSR count). The number of H-pyrrole nitrogens is 1. The lowest BCUT2D eigenvalue weighted by molar-refractivity contribution is 0.721. The van der Waals surface area contributed by atoms with Gasteiger partial charge in [-0.3, -0.25) is 0 Å². The molecular formula is C12H16N2S. The van der Waals surface area contributed by atoms with Gasteiger partial charge in [0.2, 0.25) is 0 Å². The molecule has 0 atom stereocenters. The van der Waals surface area contributed by atoms with Gasteiger partial charge in [-0.1, -0.05) is 18.2 Å². The first-order valence-corrected chi connectivity index (χ1v) is 5.89.